The third-order valence-corrected chi connectivity index (χ3v) is 6.42. The van der Waals surface area contributed by atoms with Crippen LogP contribution in [-0.4, -0.2) is 65.9 Å². The van der Waals surface area contributed by atoms with E-state index in [1.807, 2.05) is 30.6 Å². The minimum absolute atomic E-state index is 0.857. The summed E-state index contributed by atoms with van der Waals surface area (Å²) in [7, 11) is 1.72. The molecule has 0 radical (unpaired) electrons. The van der Waals surface area contributed by atoms with Gasteiger partial charge in [0.2, 0.25) is 0 Å². The molecule has 176 valence electrons. The number of hydrogen-bond donors (Lipinski definition) is 0. The molecule has 1 fully saturated rings. The van der Waals surface area contributed by atoms with Gasteiger partial charge in [0, 0.05) is 68.3 Å². The van der Waals surface area contributed by atoms with E-state index in [1.54, 1.807) is 7.11 Å². The van der Waals surface area contributed by atoms with Gasteiger partial charge in [-0.1, -0.05) is 12.1 Å². The van der Waals surface area contributed by atoms with Gasteiger partial charge in [0.15, 0.2) is 0 Å². The number of aryl methyl sites for hydroxylation is 1. The maximum atomic E-state index is 5.49. The predicted octanol–water partition coefficient (Wildman–Crippen LogP) is 4.22. The average Bonchev–Trinajstić information content (AvgIpc) is 3.12. The van der Waals surface area contributed by atoms with E-state index in [-0.39, 0.29) is 0 Å². The summed E-state index contributed by atoms with van der Waals surface area (Å²) in [6.07, 6.45) is 4.97. The molecule has 0 bridgehead atoms. The van der Waals surface area contributed by atoms with Crippen molar-refractivity contribution in [3.8, 4) is 11.4 Å². The van der Waals surface area contributed by atoms with Crippen LogP contribution in [0, 0.1) is 13.8 Å². The first kappa shape index (κ1) is 23.5. The van der Waals surface area contributed by atoms with Gasteiger partial charge in [-0.15, -0.1) is 0 Å². The number of ether oxygens (including phenoxy) is 2. The molecule has 0 unspecified atom stereocenters. The van der Waals surface area contributed by atoms with E-state index in [9.17, 15) is 0 Å². The highest BCUT2D eigenvalue weighted by Gasteiger charge is 2.16. The number of morpholine rings is 1. The molecule has 6 nitrogen and oxygen atoms in total. The van der Waals surface area contributed by atoms with E-state index in [0.29, 0.717) is 0 Å². The Hall–Kier alpha value is -2.67. The molecule has 0 aliphatic carbocycles. The number of aromatic nitrogens is 2. The van der Waals surface area contributed by atoms with Crippen LogP contribution in [0.3, 0.4) is 0 Å². The second-order valence-corrected chi connectivity index (χ2v) is 8.81. The van der Waals surface area contributed by atoms with Crippen LogP contribution in [0.5, 0.6) is 5.75 Å². The van der Waals surface area contributed by atoms with Crippen LogP contribution in [-0.2, 0) is 17.8 Å². The molecule has 0 saturated carbocycles. The Balaban J connectivity index is 1.49. The molecule has 0 atom stereocenters. The van der Waals surface area contributed by atoms with Gasteiger partial charge in [0.05, 0.1) is 20.3 Å². The molecule has 1 aromatic carbocycles. The predicted molar refractivity (Wildman–Crippen MR) is 132 cm³/mol. The third kappa shape index (κ3) is 6.22. The van der Waals surface area contributed by atoms with Gasteiger partial charge in [-0.05, 0) is 62.2 Å². The number of methoxy groups -OCH3 is 1. The fourth-order valence-corrected chi connectivity index (χ4v) is 4.68. The number of pyridine rings is 1. The fraction of sp³-hybridized carbons (Fsp3) is 0.444. The lowest BCUT2D eigenvalue weighted by Gasteiger charge is -2.28. The second kappa shape index (κ2) is 11.5. The van der Waals surface area contributed by atoms with Crippen molar-refractivity contribution in [2.24, 2.45) is 0 Å². The van der Waals surface area contributed by atoms with Gasteiger partial charge < -0.3 is 14.0 Å². The van der Waals surface area contributed by atoms with Gasteiger partial charge in [-0.3, -0.25) is 14.8 Å². The fourth-order valence-electron chi connectivity index (χ4n) is 4.68. The van der Waals surface area contributed by atoms with Crippen LogP contribution in [0.1, 0.15) is 28.9 Å². The molecule has 1 aliphatic rings. The van der Waals surface area contributed by atoms with E-state index in [0.717, 1.165) is 70.3 Å². The number of hydrogen-bond acceptors (Lipinski definition) is 5. The third-order valence-electron chi connectivity index (χ3n) is 6.42. The molecule has 4 rings (SSSR count). The molecule has 33 heavy (non-hydrogen) atoms. The molecular weight excluding hydrogens is 412 g/mol. The van der Waals surface area contributed by atoms with E-state index in [1.165, 1.54) is 22.5 Å². The molecule has 0 amide bonds. The number of rotatable bonds is 10. The highest BCUT2D eigenvalue weighted by Crippen LogP contribution is 2.25. The molecule has 0 spiro atoms. The minimum Gasteiger partial charge on any atom is -0.497 e. The summed E-state index contributed by atoms with van der Waals surface area (Å²) < 4.78 is 13.3. The Bertz CT molecular complexity index is 1010. The van der Waals surface area contributed by atoms with Crippen molar-refractivity contribution in [2.75, 3.05) is 46.5 Å². The molecule has 2 aromatic heterocycles. The SMILES string of the molecule is COc1cccc(-n2c(C)cc(CN(CCCN3CCOCC3)Cc3cccnc3)c2C)c1. The maximum absolute atomic E-state index is 5.49. The zero-order chi connectivity index (χ0) is 23.0. The zero-order valence-electron chi connectivity index (χ0n) is 20.2. The Labute approximate surface area is 197 Å². The summed E-state index contributed by atoms with van der Waals surface area (Å²) in [5, 5.41) is 0. The monoisotopic (exact) mass is 448 g/mol. The lowest BCUT2D eigenvalue weighted by molar-refractivity contribution is 0.0359. The Kier molecular flexibility index (Phi) is 8.15. The van der Waals surface area contributed by atoms with Crippen LogP contribution >= 0.6 is 0 Å². The van der Waals surface area contributed by atoms with Crippen molar-refractivity contribution in [3.05, 3.63) is 77.4 Å². The first-order chi connectivity index (χ1) is 16.1. The molecular formula is C27H36N4O2. The summed E-state index contributed by atoms with van der Waals surface area (Å²) >= 11 is 0. The van der Waals surface area contributed by atoms with E-state index < -0.39 is 0 Å². The summed E-state index contributed by atoms with van der Waals surface area (Å²) in [6.45, 7) is 12.2. The van der Waals surface area contributed by atoms with Gasteiger partial charge in [-0.2, -0.15) is 0 Å². The molecule has 6 heteroatoms. The maximum Gasteiger partial charge on any atom is 0.120 e. The van der Waals surface area contributed by atoms with Crippen molar-refractivity contribution in [1.82, 2.24) is 19.4 Å². The smallest absolute Gasteiger partial charge is 0.120 e. The van der Waals surface area contributed by atoms with Crippen LogP contribution in [0.15, 0.2) is 54.9 Å². The molecule has 3 heterocycles. The van der Waals surface area contributed by atoms with Crippen LogP contribution in [0.2, 0.25) is 0 Å². The van der Waals surface area contributed by atoms with Crippen LogP contribution < -0.4 is 4.74 Å². The van der Waals surface area contributed by atoms with Crippen molar-refractivity contribution in [3.63, 3.8) is 0 Å². The van der Waals surface area contributed by atoms with Crippen molar-refractivity contribution >= 4 is 0 Å². The molecule has 1 aliphatic heterocycles. The standard InChI is InChI=1S/C27H36N4O2/c1-22-17-25(23(2)31(22)26-8-4-9-27(18-26)32-3)21-30(20-24-7-5-10-28-19-24)12-6-11-29-13-15-33-16-14-29/h4-5,7-10,17-19H,6,11-16,20-21H2,1-3H3. The van der Waals surface area contributed by atoms with Crippen LogP contribution in [0.4, 0.5) is 0 Å². The summed E-state index contributed by atoms with van der Waals surface area (Å²) in [4.78, 5) is 9.39. The minimum atomic E-state index is 0.857. The molecule has 3 aromatic rings. The summed E-state index contributed by atoms with van der Waals surface area (Å²) in [5.41, 5.74) is 6.29. The van der Waals surface area contributed by atoms with Crippen molar-refractivity contribution in [2.45, 2.75) is 33.4 Å². The normalized spacial score (nSPS) is 14.7. The highest BCUT2D eigenvalue weighted by atomic mass is 16.5. The van der Waals surface area contributed by atoms with Gasteiger partial charge >= 0.3 is 0 Å². The summed E-state index contributed by atoms with van der Waals surface area (Å²) in [6, 6.07) is 14.8. The van der Waals surface area contributed by atoms with Gasteiger partial charge in [0.1, 0.15) is 5.75 Å². The molecule has 0 N–H and O–H groups in total. The Morgan fingerprint density at radius 2 is 1.91 bits per heavy atom. The topological polar surface area (TPSA) is 42.8 Å². The van der Waals surface area contributed by atoms with E-state index >= 15 is 0 Å². The number of benzene rings is 1. The second-order valence-electron chi connectivity index (χ2n) is 8.81. The Morgan fingerprint density at radius 1 is 1.06 bits per heavy atom. The summed E-state index contributed by atoms with van der Waals surface area (Å²) in [5.74, 6) is 0.878. The van der Waals surface area contributed by atoms with Gasteiger partial charge in [0.25, 0.3) is 0 Å². The number of nitrogens with zero attached hydrogens (tertiary/aromatic N) is 4. The molecule has 1 saturated heterocycles. The van der Waals surface area contributed by atoms with E-state index in [2.05, 4.69) is 57.5 Å². The van der Waals surface area contributed by atoms with Crippen molar-refractivity contribution in [1.29, 1.82) is 0 Å². The lowest BCUT2D eigenvalue weighted by atomic mass is 10.2. The van der Waals surface area contributed by atoms with Gasteiger partial charge in [-0.25, -0.2) is 0 Å². The first-order valence-electron chi connectivity index (χ1n) is 11.9. The zero-order valence-corrected chi connectivity index (χ0v) is 20.2. The van der Waals surface area contributed by atoms with Crippen LogP contribution in [0.25, 0.3) is 5.69 Å². The largest absolute Gasteiger partial charge is 0.497 e. The highest BCUT2D eigenvalue weighted by molar-refractivity contribution is 5.45. The quantitative estimate of drug-likeness (QED) is 0.465. The lowest BCUT2D eigenvalue weighted by Crippen LogP contribution is -2.38. The Morgan fingerprint density at radius 3 is 2.67 bits per heavy atom. The first-order valence-corrected chi connectivity index (χ1v) is 11.9. The van der Waals surface area contributed by atoms with Crippen molar-refractivity contribution < 1.29 is 9.47 Å². The van der Waals surface area contributed by atoms with E-state index in [4.69, 9.17) is 9.47 Å². The average molecular weight is 449 g/mol.